The highest BCUT2D eigenvalue weighted by molar-refractivity contribution is 8.14. The lowest BCUT2D eigenvalue weighted by atomic mass is 10.1. The molecule has 0 radical (unpaired) electrons. The number of aromatic nitrogens is 2. The summed E-state index contributed by atoms with van der Waals surface area (Å²) in [5.74, 6) is 1.05. The molecule has 0 saturated heterocycles. The van der Waals surface area contributed by atoms with Gasteiger partial charge in [0.1, 0.15) is 10.7 Å². The number of aryl methyl sites for hydroxylation is 1. The molecule has 0 fully saturated rings. The zero-order valence-electron chi connectivity index (χ0n) is 8.11. The van der Waals surface area contributed by atoms with Crippen LogP contribution in [-0.2, 0) is 7.05 Å². The molecule has 0 aliphatic carbocycles. The molecule has 4 heteroatoms. The highest BCUT2D eigenvalue weighted by Crippen LogP contribution is 2.29. The standard InChI is InChI=1S/C9H13N3S/c1-9(2)5-13-8(11-9)7-4-12(3)6-10-7/h4,6H,5H2,1-3H3. The highest BCUT2D eigenvalue weighted by Gasteiger charge is 2.26. The second-order valence-electron chi connectivity index (χ2n) is 3.94. The highest BCUT2D eigenvalue weighted by atomic mass is 32.2. The van der Waals surface area contributed by atoms with Gasteiger partial charge in [0.25, 0.3) is 0 Å². The minimum absolute atomic E-state index is 0.0809. The number of nitrogens with zero attached hydrogens (tertiary/aromatic N) is 3. The molecule has 0 aromatic carbocycles. The minimum Gasteiger partial charge on any atom is -0.340 e. The molecule has 0 bridgehead atoms. The van der Waals surface area contributed by atoms with E-state index in [2.05, 4.69) is 23.8 Å². The van der Waals surface area contributed by atoms with Crippen LogP contribution in [0.4, 0.5) is 0 Å². The predicted molar refractivity (Wildman–Crippen MR) is 56.3 cm³/mol. The van der Waals surface area contributed by atoms with Crippen molar-refractivity contribution in [3.05, 3.63) is 18.2 Å². The molecule has 70 valence electrons. The molecule has 0 spiro atoms. The van der Waals surface area contributed by atoms with Crippen molar-refractivity contribution in [2.45, 2.75) is 19.4 Å². The third kappa shape index (κ3) is 1.77. The Morgan fingerprint density at radius 3 is 2.77 bits per heavy atom. The molecule has 0 atom stereocenters. The minimum atomic E-state index is 0.0809. The zero-order chi connectivity index (χ0) is 9.47. The van der Waals surface area contributed by atoms with Crippen molar-refractivity contribution in [2.75, 3.05) is 5.75 Å². The topological polar surface area (TPSA) is 30.2 Å². The van der Waals surface area contributed by atoms with Gasteiger partial charge in [0.2, 0.25) is 0 Å². The summed E-state index contributed by atoms with van der Waals surface area (Å²) in [6, 6.07) is 0. The quantitative estimate of drug-likeness (QED) is 0.682. The number of imidazole rings is 1. The molecule has 2 heterocycles. The van der Waals surface area contributed by atoms with Crippen LogP contribution in [0, 0.1) is 0 Å². The molecule has 1 aromatic rings. The Bertz CT molecular complexity index is 351. The van der Waals surface area contributed by atoms with Crippen LogP contribution in [0.5, 0.6) is 0 Å². The van der Waals surface area contributed by atoms with E-state index in [0.717, 1.165) is 16.5 Å². The van der Waals surface area contributed by atoms with Gasteiger partial charge in [-0.25, -0.2) is 4.98 Å². The normalized spacial score (nSPS) is 20.4. The first kappa shape index (κ1) is 8.81. The largest absolute Gasteiger partial charge is 0.340 e. The van der Waals surface area contributed by atoms with Crippen LogP contribution in [0.1, 0.15) is 19.5 Å². The van der Waals surface area contributed by atoms with E-state index in [4.69, 9.17) is 0 Å². The number of hydrogen-bond acceptors (Lipinski definition) is 3. The van der Waals surface area contributed by atoms with E-state index in [9.17, 15) is 0 Å². The van der Waals surface area contributed by atoms with Gasteiger partial charge in [0, 0.05) is 19.0 Å². The molecular formula is C9H13N3S. The number of thioether (sulfide) groups is 1. The lowest BCUT2D eigenvalue weighted by Crippen LogP contribution is -2.15. The number of rotatable bonds is 1. The Morgan fingerprint density at radius 1 is 1.54 bits per heavy atom. The third-order valence-corrected chi connectivity index (χ3v) is 3.31. The van der Waals surface area contributed by atoms with Gasteiger partial charge in [-0.2, -0.15) is 0 Å². The fraction of sp³-hybridized carbons (Fsp3) is 0.556. The van der Waals surface area contributed by atoms with Crippen molar-refractivity contribution in [3.63, 3.8) is 0 Å². The SMILES string of the molecule is Cn1cnc(C2=NC(C)(C)CS2)c1. The predicted octanol–water partition coefficient (Wildman–Crippen LogP) is 1.69. The van der Waals surface area contributed by atoms with E-state index >= 15 is 0 Å². The molecule has 2 rings (SSSR count). The smallest absolute Gasteiger partial charge is 0.118 e. The van der Waals surface area contributed by atoms with Crippen molar-refractivity contribution in [1.29, 1.82) is 0 Å². The second kappa shape index (κ2) is 2.87. The average Bonchev–Trinajstić information content (AvgIpc) is 2.56. The summed E-state index contributed by atoms with van der Waals surface area (Å²) in [4.78, 5) is 8.88. The van der Waals surface area contributed by atoms with Gasteiger partial charge in [-0.05, 0) is 13.8 Å². The molecular weight excluding hydrogens is 182 g/mol. The Hall–Kier alpha value is -0.770. The number of hydrogen-bond donors (Lipinski definition) is 0. The molecule has 3 nitrogen and oxygen atoms in total. The molecule has 1 aromatic heterocycles. The van der Waals surface area contributed by atoms with Crippen LogP contribution in [0.25, 0.3) is 0 Å². The molecule has 0 amide bonds. The first-order chi connectivity index (χ1) is 6.07. The maximum atomic E-state index is 4.61. The first-order valence-corrected chi connectivity index (χ1v) is 5.26. The maximum absolute atomic E-state index is 4.61. The third-order valence-electron chi connectivity index (χ3n) is 1.89. The van der Waals surface area contributed by atoms with Crippen LogP contribution in [0.2, 0.25) is 0 Å². The average molecular weight is 195 g/mol. The van der Waals surface area contributed by atoms with Gasteiger partial charge in [0.05, 0.1) is 11.9 Å². The lowest BCUT2D eigenvalue weighted by Gasteiger charge is -2.09. The monoisotopic (exact) mass is 195 g/mol. The van der Waals surface area contributed by atoms with Crippen LogP contribution in [-0.4, -0.2) is 25.9 Å². The van der Waals surface area contributed by atoms with Crippen molar-refractivity contribution in [1.82, 2.24) is 9.55 Å². The summed E-state index contributed by atoms with van der Waals surface area (Å²) >= 11 is 1.79. The van der Waals surface area contributed by atoms with Gasteiger partial charge < -0.3 is 4.57 Å². The van der Waals surface area contributed by atoms with Crippen molar-refractivity contribution in [3.8, 4) is 0 Å². The summed E-state index contributed by atoms with van der Waals surface area (Å²) in [6.07, 6.45) is 3.82. The van der Waals surface area contributed by atoms with E-state index < -0.39 is 0 Å². The second-order valence-corrected chi connectivity index (χ2v) is 4.91. The van der Waals surface area contributed by atoms with Gasteiger partial charge in [0.15, 0.2) is 0 Å². The van der Waals surface area contributed by atoms with Gasteiger partial charge in [-0.1, -0.05) is 0 Å². The van der Waals surface area contributed by atoms with E-state index in [1.165, 1.54) is 0 Å². The summed E-state index contributed by atoms with van der Waals surface area (Å²) < 4.78 is 1.95. The van der Waals surface area contributed by atoms with Crippen LogP contribution < -0.4 is 0 Å². The Morgan fingerprint density at radius 2 is 2.31 bits per heavy atom. The molecule has 0 saturated carbocycles. The molecule has 0 unspecified atom stereocenters. The molecule has 0 N–H and O–H groups in total. The zero-order valence-corrected chi connectivity index (χ0v) is 8.93. The lowest BCUT2D eigenvalue weighted by molar-refractivity contribution is 0.605. The summed E-state index contributed by atoms with van der Waals surface area (Å²) in [5, 5.41) is 1.07. The van der Waals surface area contributed by atoms with Gasteiger partial charge in [-0.15, -0.1) is 11.8 Å². The van der Waals surface area contributed by atoms with Gasteiger partial charge in [-0.3, -0.25) is 4.99 Å². The fourth-order valence-electron chi connectivity index (χ4n) is 1.24. The van der Waals surface area contributed by atoms with Crippen LogP contribution in [0.15, 0.2) is 17.5 Å². The summed E-state index contributed by atoms with van der Waals surface area (Å²) in [7, 11) is 1.97. The maximum Gasteiger partial charge on any atom is 0.118 e. The Balaban J connectivity index is 2.29. The van der Waals surface area contributed by atoms with Crippen LogP contribution in [0.3, 0.4) is 0 Å². The number of aliphatic imine (C=N–C) groups is 1. The van der Waals surface area contributed by atoms with E-state index in [0.29, 0.717) is 0 Å². The van der Waals surface area contributed by atoms with Crippen LogP contribution >= 0.6 is 11.8 Å². The first-order valence-electron chi connectivity index (χ1n) is 4.28. The van der Waals surface area contributed by atoms with Crippen molar-refractivity contribution < 1.29 is 0 Å². The van der Waals surface area contributed by atoms with E-state index in [1.54, 1.807) is 11.8 Å². The van der Waals surface area contributed by atoms with Crippen molar-refractivity contribution >= 4 is 16.8 Å². The van der Waals surface area contributed by atoms with E-state index in [-0.39, 0.29) is 5.54 Å². The van der Waals surface area contributed by atoms with Gasteiger partial charge >= 0.3 is 0 Å². The molecule has 1 aliphatic rings. The molecule has 13 heavy (non-hydrogen) atoms. The Labute approximate surface area is 82.3 Å². The molecule has 1 aliphatic heterocycles. The Kier molecular flexibility index (Phi) is 1.95. The van der Waals surface area contributed by atoms with Crippen molar-refractivity contribution in [2.24, 2.45) is 12.0 Å². The summed E-state index contributed by atoms with van der Waals surface area (Å²) in [6.45, 7) is 4.30. The summed E-state index contributed by atoms with van der Waals surface area (Å²) in [5.41, 5.74) is 1.08. The fourth-order valence-corrected chi connectivity index (χ4v) is 2.36. The van der Waals surface area contributed by atoms with E-state index in [1.807, 2.05) is 24.1 Å².